The van der Waals surface area contributed by atoms with Gasteiger partial charge in [0.1, 0.15) is 0 Å². The lowest BCUT2D eigenvalue weighted by Gasteiger charge is -2.03. The molecule has 0 unspecified atom stereocenters. The molecule has 0 saturated heterocycles. The van der Waals surface area contributed by atoms with Gasteiger partial charge in [0.2, 0.25) is 0 Å². The Morgan fingerprint density at radius 1 is 1.45 bits per heavy atom. The summed E-state index contributed by atoms with van der Waals surface area (Å²) in [4.78, 5) is 5.95. The molecule has 0 spiro atoms. The van der Waals surface area contributed by atoms with Crippen molar-refractivity contribution in [1.29, 1.82) is 0 Å². The van der Waals surface area contributed by atoms with Crippen LogP contribution in [0.25, 0.3) is 0 Å². The normalized spacial score (nSPS) is 14.6. The lowest BCUT2D eigenvalue weighted by Crippen LogP contribution is -2.02. The van der Waals surface area contributed by atoms with Gasteiger partial charge in [0, 0.05) is 5.75 Å². The van der Waals surface area contributed by atoms with Crippen LogP contribution in [0.4, 0.5) is 0 Å². The molecule has 2 nitrogen and oxygen atoms in total. The van der Waals surface area contributed by atoms with Gasteiger partial charge in [-0.1, -0.05) is 12.1 Å². The molecule has 0 bridgehead atoms. The maximum absolute atomic E-state index is 5.11. The van der Waals surface area contributed by atoms with E-state index in [4.69, 9.17) is 10.7 Å². The Morgan fingerprint density at radius 2 is 2.36 bits per heavy atom. The molecule has 0 radical (unpaired) electrons. The maximum Gasteiger partial charge on any atom is 0.160 e. The monoisotopic (exact) mass is 167 g/mol. The van der Waals surface area contributed by atoms with Gasteiger partial charge >= 0.3 is 0 Å². The second kappa shape index (κ2) is 2.75. The molecule has 0 atom stereocenters. The van der Waals surface area contributed by atoms with E-state index in [-0.39, 0.29) is 0 Å². The Hall–Kier alpha value is -0.670. The third-order valence-electron chi connectivity index (χ3n) is 1.81. The Kier molecular flexibility index (Phi) is 1.75. The highest BCUT2D eigenvalue weighted by Gasteiger charge is 2.15. The number of rotatable bonds is 1. The average molecular weight is 167 g/mol. The first-order valence-corrected chi connectivity index (χ1v) is 4.52. The smallest absolute Gasteiger partial charge is 0.160 e. The minimum atomic E-state index is 0.810. The lowest BCUT2D eigenvalue weighted by atomic mass is 10.2. The summed E-state index contributed by atoms with van der Waals surface area (Å²) in [6.45, 7) is 0. The lowest BCUT2D eigenvalue weighted by molar-refractivity contribution is 0.326. The van der Waals surface area contributed by atoms with Crippen molar-refractivity contribution in [3.63, 3.8) is 0 Å². The molecule has 2 N–H and O–H groups in total. The second-order valence-electron chi connectivity index (χ2n) is 2.46. The topological polar surface area (TPSA) is 35.2 Å². The number of nitrogens with two attached hydrogens (primary N) is 1. The SMILES string of the molecule is NOc1cccc2c1SCC2. The number of fused-ring (bicyclic) bond motifs is 1. The van der Waals surface area contributed by atoms with Crippen molar-refractivity contribution < 1.29 is 4.84 Å². The van der Waals surface area contributed by atoms with Crippen LogP contribution in [0.15, 0.2) is 23.1 Å². The van der Waals surface area contributed by atoms with E-state index in [0.29, 0.717) is 0 Å². The van der Waals surface area contributed by atoms with E-state index >= 15 is 0 Å². The van der Waals surface area contributed by atoms with Crippen molar-refractivity contribution in [1.82, 2.24) is 0 Å². The average Bonchev–Trinajstić information content (AvgIpc) is 2.50. The van der Waals surface area contributed by atoms with E-state index in [2.05, 4.69) is 6.07 Å². The summed E-state index contributed by atoms with van der Waals surface area (Å²) in [7, 11) is 0. The van der Waals surface area contributed by atoms with E-state index in [1.165, 1.54) is 10.5 Å². The zero-order chi connectivity index (χ0) is 7.68. The predicted molar refractivity (Wildman–Crippen MR) is 45.7 cm³/mol. The molecule has 11 heavy (non-hydrogen) atoms. The van der Waals surface area contributed by atoms with E-state index < -0.39 is 0 Å². The van der Waals surface area contributed by atoms with Crippen molar-refractivity contribution in [2.24, 2.45) is 5.90 Å². The summed E-state index contributed by atoms with van der Waals surface area (Å²) in [5.41, 5.74) is 1.36. The molecular weight excluding hydrogens is 158 g/mol. The summed E-state index contributed by atoms with van der Waals surface area (Å²) in [6, 6.07) is 6.00. The van der Waals surface area contributed by atoms with Crippen LogP contribution >= 0.6 is 11.8 Å². The van der Waals surface area contributed by atoms with E-state index in [9.17, 15) is 0 Å². The minimum absolute atomic E-state index is 0.810. The zero-order valence-electron chi connectivity index (χ0n) is 6.04. The van der Waals surface area contributed by atoms with Crippen LogP contribution in [0.1, 0.15) is 5.56 Å². The van der Waals surface area contributed by atoms with Crippen LogP contribution in [-0.4, -0.2) is 5.75 Å². The number of thioether (sulfide) groups is 1. The van der Waals surface area contributed by atoms with Crippen molar-refractivity contribution in [3.8, 4) is 5.75 Å². The third-order valence-corrected chi connectivity index (χ3v) is 2.97. The molecule has 1 aromatic carbocycles. The molecule has 1 aliphatic heterocycles. The molecule has 0 saturated carbocycles. The third kappa shape index (κ3) is 1.10. The second-order valence-corrected chi connectivity index (χ2v) is 3.57. The zero-order valence-corrected chi connectivity index (χ0v) is 6.86. The molecular formula is C8H9NOS. The van der Waals surface area contributed by atoms with Gasteiger partial charge in [0.25, 0.3) is 0 Å². The first-order chi connectivity index (χ1) is 5.42. The largest absolute Gasteiger partial charge is 0.410 e. The summed E-state index contributed by atoms with van der Waals surface area (Å²) < 4.78 is 0. The highest BCUT2D eigenvalue weighted by atomic mass is 32.2. The fourth-order valence-electron chi connectivity index (χ4n) is 1.28. The Labute approximate surface area is 69.7 Å². The molecule has 1 heterocycles. The number of aryl methyl sites for hydroxylation is 1. The molecule has 1 aliphatic rings. The van der Waals surface area contributed by atoms with Gasteiger partial charge < -0.3 is 4.84 Å². The first-order valence-electron chi connectivity index (χ1n) is 3.53. The van der Waals surface area contributed by atoms with E-state index in [1.54, 1.807) is 0 Å². The van der Waals surface area contributed by atoms with Crippen molar-refractivity contribution in [2.75, 3.05) is 5.75 Å². The Morgan fingerprint density at radius 3 is 3.18 bits per heavy atom. The van der Waals surface area contributed by atoms with Gasteiger partial charge in [-0.2, -0.15) is 5.90 Å². The molecule has 0 aromatic heterocycles. The van der Waals surface area contributed by atoms with Crippen molar-refractivity contribution in [3.05, 3.63) is 23.8 Å². The summed E-state index contributed by atoms with van der Waals surface area (Å²) >= 11 is 1.81. The van der Waals surface area contributed by atoms with Gasteiger partial charge in [-0.15, -0.1) is 11.8 Å². The highest BCUT2D eigenvalue weighted by molar-refractivity contribution is 7.99. The molecule has 3 heteroatoms. The summed E-state index contributed by atoms with van der Waals surface area (Å²) in [5.74, 6) is 7.07. The molecule has 2 rings (SSSR count). The van der Waals surface area contributed by atoms with Gasteiger partial charge in [0.15, 0.2) is 5.75 Å². The van der Waals surface area contributed by atoms with Crippen LogP contribution in [-0.2, 0) is 6.42 Å². The van der Waals surface area contributed by atoms with Crippen LogP contribution < -0.4 is 10.7 Å². The molecule has 0 fully saturated rings. The minimum Gasteiger partial charge on any atom is -0.410 e. The molecule has 1 aromatic rings. The molecule has 58 valence electrons. The van der Waals surface area contributed by atoms with Crippen LogP contribution in [0, 0.1) is 0 Å². The van der Waals surface area contributed by atoms with Gasteiger partial charge in [0.05, 0.1) is 4.90 Å². The van der Waals surface area contributed by atoms with Gasteiger partial charge in [-0.25, -0.2) is 0 Å². The van der Waals surface area contributed by atoms with E-state index in [0.717, 1.165) is 17.9 Å². The van der Waals surface area contributed by atoms with Crippen LogP contribution in [0.3, 0.4) is 0 Å². The first kappa shape index (κ1) is 7.00. The fourth-order valence-corrected chi connectivity index (χ4v) is 2.42. The van der Waals surface area contributed by atoms with Crippen LogP contribution in [0.2, 0.25) is 0 Å². The fraction of sp³-hybridized carbons (Fsp3) is 0.250. The van der Waals surface area contributed by atoms with Crippen molar-refractivity contribution >= 4 is 11.8 Å². The predicted octanol–water partition coefficient (Wildman–Crippen LogP) is 1.59. The van der Waals surface area contributed by atoms with Crippen molar-refractivity contribution in [2.45, 2.75) is 11.3 Å². The Bertz CT molecular complexity index is 275. The van der Waals surface area contributed by atoms with E-state index in [1.807, 2.05) is 23.9 Å². The number of hydrogen-bond acceptors (Lipinski definition) is 3. The number of hydrogen-bond donors (Lipinski definition) is 1. The van der Waals surface area contributed by atoms with Gasteiger partial charge in [-0.05, 0) is 18.1 Å². The number of benzene rings is 1. The highest BCUT2D eigenvalue weighted by Crippen LogP contribution is 2.37. The van der Waals surface area contributed by atoms with Gasteiger partial charge in [-0.3, -0.25) is 0 Å². The standard InChI is InChI=1S/C8H9NOS/c9-10-7-3-1-2-6-4-5-11-8(6)7/h1-3H,4-5,9H2. The van der Waals surface area contributed by atoms with Crippen LogP contribution in [0.5, 0.6) is 5.75 Å². The summed E-state index contributed by atoms with van der Waals surface area (Å²) in [5, 5.41) is 0. The molecule has 0 aliphatic carbocycles. The quantitative estimate of drug-likeness (QED) is 0.645. The Balaban J connectivity index is 2.50. The molecule has 0 amide bonds. The maximum atomic E-state index is 5.11. The summed E-state index contributed by atoms with van der Waals surface area (Å²) in [6.07, 6.45) is 1.14.